The first-order valence-corrected chi connectivity index (χ1v) is 6.77. The van der Waals surface area contributed by atoms with Gasteiger partial charge in [0.2, 0.25) is 0 Å². The molecule has 18 heavy (non-hydrogen) atoms. The van der Waals surface area contributed by atoms with E-state index in [9.17, 15) is 9.59 Å². The minimum absolute atomic E-state index is 0.342. The Morgan fingerprint density at radius 2 is 1.89 bits per heavy atom. The van der Waals surface area contributed by atoms with Crippen LogP contribution in [-0.4, -0.2) is 37.2 Å². The van der Waals surface area contributed by atoms with Crippen molar-refractivity contribution in [1.82, 2.24) is 0 Å². The van der Waals surface area contributed by atoms with Crippen molar-refractivity contribution in [2.24, 2.45) is 0 Å². The van der Waals surface area contributed by atoms with Gasteiger partial charge in [-0.2, -0.15) is 11.8 Å². The molecule has 0 fully saturated rings. The highest BCUT2D eigenvalue weighted by Crippen LogP contribution is 2.08. The van der Waals surface area contributed by atoms with Crippen molar-refractivity contribution in [2.75, 3.05) is 25.2 Å². The predicted octanol–water partition coefficient (Wildman–Crippen LogP) is 2.38. The molecule has 1 aromatic rings. The van der Waals surface area contributed by atoms with E-state index in [0.717, 1.165) is 11.5 Å². The summed E-state index contributed by atoms with van der Waals surface area (Å²) in [6.07, 6.45) is 0. The Morgan fingerprint density at radius 3 is 2.50 bits per heavy atom. The van der Waals surface area contributed by atoms with Crippen LogP contribution in [0.3, 0.4) is 0 Å². The molecule has 0 N–H and O–H groups in total. The molecule has 0 atom stereocenters. The van der Waals surface area contributed by atoms with Gasteiger partial charge in [0.05, 0.1) is 18.2 Å². The van der Waals surface area contributed by atoms with E-state index in [1.165, 1.54) is 13.2 Å². The maximum Gasteiger partial charge on any atom is 0.338 e. The van der Waals surface area contributed by atoms with Gasteiger partial charge in [-0.3, -0.25) is 0 Å². The molecule has 0 unspecified atom stereocenters. The average Bonchev–Trinajstić information content (AvgIpc) is 2.42. The SMILES string of the molecule is CCSCCOC(=O)c1cccc(C(=O)OC)c1. The summed E-state index contributed by atoms with van der Waals surface area (Å²) in [6.45, 7) is 2.42. The molecule has 0 aliphatic rings. The molecule has 1 aromatic carbocycles. The highest BCUT2D eigenvalue weighted by molar-refractivity contribution is 7.99. The van der Waals surface area contributed by atoms with Crippen LogP contribution in [0, 0.1) is 0 Å². The zero-order chi connectivity index (χ0) is 13.4. The van der Waals surface area contributed by atoms with Crippen LogP contribution in [0.2, 0.25) is 0 Å². The topological polar surface area (TPSA) is 52.6 Å². The molecule has 0 radical (unpaired) electrons. The quantitative estimate of drug-likeness (QED) is 0.585. The summed E-state index contributed by atoms with van der Waals surface area (Å²) in [5.74, 6) is 0.887. The second-order valence-electron chi connectivity index (χ2n) is 3.41. The molecule has 1 rings (SSSR count). The van der Waals surface area contributed by atoms with E-state index in [4.69, 9.17) is 4.74 Å². The fraction of sp³-hybridized carbons (Fsp3) is 0.385. The third-order valence-electron chi connectivity index (χ3n) is 2.18. The number of hydrogen-bond acceptors (Lipinski definition) is 5. The fourth-order valence-electron chi connectivity index (χ4n) is 1.31. The van der Waals surface area contributed by atoms with Gasteiger partial charge in [-0.1, -0.05) is 13.0 Å². The monoisotopic (exact) mass is 268 g/mol. The number of rotatable bonds is 6. The molecular weight excluding hydrogens is 252 g/mol. The third kappa shape index (κ3) is 4.41. The largest absolute Gasteiger partial charge is 0.465 e. The van der Waals surface area contributed by atoms with Crippen LogP contribution in [0.4, 0.5) is 0 Å². The molecular formula is C13H16O4S. The molecule has 0 heterocycles. The molecule has 0 aliphatic carbocycles. The van der Waals surface area contributed by atoms with E-state index in [0.29, 0.717) is 17.7 Å². The summed E-state index contributed by atoms with van der Waals surface area (Å²) in [7, 11) is 1.30. The number of hydrogen-bond donors (Lipinski definition) is 0. The first kappa shape index (κ1) is 14.6. The highest BCUT2D eigenvalue weighted by atomic mass is 32.2. The van der Waals surface area contributed by atoms with E-state index in [-0.39, 0.29) is 0 Å². The molecule has 98 valence electrons. The zero-order valence-corrected chi connectivity index (χ0v) is 11.3. The van der Waals surface area contributed by atoms with Gasteiger partial charge >= 0.3 is 11.9 Å². The van der Waals surface area contributed by atoms with Crippen LogP contribution in [0.5, 0.6) is 0 Å². The van der Waals surface area contributed by atoms with E-state index < -0.39 is 11.9 Å². The number of benzene rings is 1. The van der Waals surface area contributed by atoms with E-state index >= 15 is 0 Å². The fourth-order valence-corrected chi connectivity index (χ4v) is 1.80. The lowest BCUT2D eigenvalue weighted by Gasteiger charge is -2.05. The molecule has 0 saturated carbocycles. The lowest BCUT2D eigenvalue weighted by atomic mass is 10.1. The van der Waals surface area contributed by atoms with Crippen molar-refractivity contribution in [3.63, 3.8) is 0 Å². The van der Waals surface area contributed by atoms with Gasteiger partial charge in [0.15, 0.2) is 0 Å². The first-order valence-electron chi connectivity index (χ1n) is 5.62. The Morgan fingerprint density at radius 1 is 1.22 bits per heavy atom. The summed E-state index contributed by atoms with van der Waals surface area (Å²) < 4.78 is 9.68. The second kappa shape index (κ2) is 7.76. The van der Waals surface area contributed by atoms with Gasteiger partial charge in [0.25, 0.3) is 0 Å². The number of methoxy groups -OCH3 is 1. The van der Waals surface area contributed by atoms with E-state index in [1.807, 2.05) is 6.92 Å². The van der Waals surface area contributed by atoms with Gasteiger partial charge in [-0.15, -0.1) is 0 Å². The molecule has 0 aromatic heterocycles. The van der Waals surface area contributed by atoms with Gasteiger partial charge < -0.3 is 9.47 Å². The third-order valence-corrected chi connectivity index (χ3v) is 3.05. The molecule has 0 aliphatic heterocycles. The van der Waals surface area contributed by atoms with E-state index in [1.54, 1.807) is 30.0 Å². The molecule has 0 saturated heterocycles. The molecule has 0 bridgehead atoms. The van der Waals surface area contributed by atoms with Crippen LogP contribution in [0.25, 0.3) is 0 Å². The van der Waals surface area contributed by atoms with Crippen molar-refractivity contribution >= 4 is 23.7 Å². The van der Waals surface area contributed by atoms with Crippen LogP contribution in [-0.2, 0) is 9.47 Å². The summed E-state index contributed by atoms with van der Waals surface area (Å²) >= 11 is 1.71. The van der Waals surface area contributed by atoms with Crippen molar-refractivity contribution in [3.8, 4) is 0 Å². The maximum atomic E-state index is 11.7. The summed E-state index contributed by atoms with van der Waals surface area (Å²) in [5, 5.41) is 0. The number of esters is 2. The normalized spacial score (nSPS) is 9.89. The van der Waals surface area contributed by atoms with Crippen molar-refractivity contribution < 1.29 is 19.1 Å². The Kier molecular flexibility index (Phi) is 6.28. The summed E-state index contributed by atoms with van der Waals surface area (Å²) in [5.41, 5.74) is 0.703. The van der Waals surface area contributed by atoms with Gasteiger partial charge in [0.1, 0.15) is 6.61 Å². The van der Waals surface area contributed by atoms with Crippen molar-refractivity contribution in [1.29, 1.82) is 0 Å². The van der Waals surface area contributed by atoms with Gasteiger partial charge in [-0.05, 0) is 24.0 Å². The van der Waals surface area contributed by atoms with E-state index in [2.05, 4.69) is 4.74 Å². The lowest BCUT2D eigenvalue weighted by molar-refractivity contribution is 0.0530. The molecule has 5 heteroatoms. The smallest absolute Gasteiger partial charge is 0.338 e. The second-order valence-corrected chi connectivity index (χ2v) is 4.80. The lowest BCUT2D eigenvalue weighted by Crippen LogP contribution is -2.09. The Labute approximate surface area is 111 Å². The van der Waals surface area contributed by atoms with Crippen molar-refractivity contribution in [2.45, 2.75) is 6.92 Å². The Bertz CT molecular complexity index is 417. The van der Waals surface area contributed by atoms with Crippen LogP contribution >= 0.6 is 11.8 Å². The number of carbonyl (C=O) groups is 2. The van der Waals surface area contributed by atoms with Crippen molar-refractivity contribution in [3.05, 3.63) is 35.4 Å². The Balaban J connectivity index is 2.60. The zero-order valence-electron chi connectivity index (χ0n) is 10.5. The average molecular weight is 268 g/mol. The molecule has 0 amide bonds. The minimum atomic E-state index is -0.466. The van der Waals surface area contributed by atoms with Gasteiger partial charge in [0, 0.05) is 5.75 Å². The summed E-state index contributed by atoms with van der Waals surface area (Å²) in [4.78, 5) is 23.0. The molecule has 0 spiro atoms. The number of ether oxygens (including phenoxy) is 2. The van der Waals surface area contributed by atoms with Gasteiger partial charge in [-0.25, -0.2) is 9.59 Å². The van der Waals surface area contributed by atoms with Crippen LogP contribution in [0.15, 0.2) is 24.3 Å². The molecule has 4 nitrogen and oxygen atoms in total. The summed E-state index contributed by atoms with van der Waals surface area (Å²) in [6, 6.07) is 6.31. The maximum absolute atomic E-state index is 11.7. The first-order chi connectivity index (χ1) is 8.69. The standard InChI is InChI=1S/C13H16O4S/c1-3-18-8-7-17-13(15)11-6-4-5-10(9-11)12(14)16-2/h4-6,9H,3,7-8H2,1-2H3. The van der Waals surface area contributed by atoms with Crippen LogP contribution in [0.1, 0.15) is 27.6 Å². The number of thioether (sulfide) groups is 1. The Hall–Kier alpha value is -1.49. The van der Waals surface area contributed by atoms with Crippen LogP contribution < -0.4 is 0 Å². The minimum Gasteiger partial charge on any atom is -0.465 e. The number of carbonyl (C=O) groups excluding carboxylic acids is 2. The predicted molar refractivity (Wildman–Crippen MR) is 71.1 cm³/mol. The highest BCUT2D eigenvalue weighted by Gasteiger charge is 2.11.